The van der Waals surface area contributed by atoms with Crippen LogP contribution in [0.3, 0.4) is 0 Å². The van der Waals surface area contributed by atoms with Gasteiger partial charge in [0.05, 0.1) is 0 Å². The van der Waals surface area contributed by atoms with E-state index < -0.39 is 0 Å². The highest BCUT2D eigenvalue weighted by molar-refractivity contribution is 5.63. The van der Waals surface area contributed by atoms with Crippen molar-refractivity contribution in [1.29, 1.82) is 0 Å². The number of hydrogen-bond acceptors (Lipinski definition) is 1. The molecule has 0 spiro atoms. The van der Waals surface area contributed by atoms with Crippen molar-refractivity contribution in [3.05, 3.63) is 17.7 Å². The van der Waals surface area contributed by atoms with Crippen molar-refractivity contribution in [2.24, 2.45) is 16.8 Å². The molecule has 0 rings (SSSR count). The average molecular weight is 165 g/mol. The van der Waals surface area contributed by atoms with Crippen molar-refractivity contribution in [3.8, 4) is 0 Å². The standard InChI is InChI=1S/C11H19N/c1-8(2)10(4)11(5)9(3)7-12-6/h8,10H,5H2,1-4,6H3. The lowest BCUT2D eigenvalue weighted by Gasteiger charge is -2.17. The monoisotopic (exact) mass is 165 g/mol. The number of hydrogen-bond donors (Lipinski definition) is 0. The zero-order chi connectivity index (χ0) is 9.72. The molecule has 0 bridgehead atoms. The minimum absolute atomic E-state index is 0.513. The Kier molecular flexibility index (Phi) is 4.61. The van der Waals surface area contributed by atoms with Crippen LogP contribution in [0.15, 0.2) is 22.7 Å². The van der Waals surface area contributed by atoms with Gasteiger partial charge in [-0.25, -0.2) is 4.99 Å². The molecule has 0 aliphatic rings. The Morgan fingerprint density at radius 2 is 1.83 bits per heavy atom. The SMILES string of the molecule is C=C(C(C)=C=NC)C(C)C(C)C. The Morgan fingerprint density at radius 1 is 1.33 bits per heavy atom. The number of rotatable bonds is 3. The number of nitrogens with zero attached hydrogens (tertiary/aromatic N) is 1. The summed E-state index contributed by atoms with van der Waals surface area (Å²) >= 11 is 0. The molecule has 0 aliphatic carbocycles. The molecular weight excluding hydrogens is 146 g/mol. The van der Waals surface area contributed by atoms with Crippen LogP contribution >= 0.6 is 0 Å². The van der Waals surface area contributed by atoms with Crippen molar-refractivity contribution >= 4 is 5.87 Å². The van der Waals surface area contributed by atoms with Crippen LogP contribution in [0.5, 0.6) is 0 Å². The second kappa shape index (κ2) is 4.95. The topological polar surface area (TPSA) is 12.4 Å². The zero-order valence-corrected chi connectivity index (χ0v) is 8.81. The van der Waals surface area contributed by atoms with E-state index in [-0.39, 0.29) is 0 Å². The lowest BCUT2D eigenvalue weighted by Crippen LogP contribution is -2.07. The fourth-order valence-electron chi connectivity index (χ4n) is 0.983. The van der Waals surface area contributed by atoms with E-state index in [0.717, 1.165) is 11.1 Å². The second-order valence-electron chi connectivity index (χ2n) is 3.52. The largest absolute Gasteiger partial charge is 0.246 e. The summed E-state index contributed by atoms with van der Waals surface area (Å²) in [7, 11) is 1.73. The van der Waals surface area contributed by atoms with E-state index in [4.69, 9.17) is 0 Å². The smallest absolute Gasteiger partial charge is 0.0372 e. The summed E-state index contributed by atoms with van der Waals surface area (Å²) < 4.78 is 0. The van der Waals surface area contributed by atoms with E-state index in [0.29, 0.717) is 11.8 Å². The minimum atomic E-state index is 0.513. The molecule has 0 saturated heterocycles. The molecule has 1 heteroatoms. The third kappa shape index (κ3) is 3.06. The average Bonchev–Trinajstić information content (AvgIpc) is 2.02. The molecule has 1 atom stereocenters. The van der Waals surface area contributed by atoms with Gasteiger partial charge in [0.15, 0.2) is 0 Å². The molecule has 0 fully saturated rings. The summed E-state index contributed by atoms with van der Waals surface area (Å²) in [5.74, 6) is 4.07. The third-order valence-corrected chi connectivity index (χ3v) is 2.31. The molecule has 0 aromatic heterocycles. The van der Waals surface area contributed by atoms with Gasteiger partial charge in [0.1, 0.15) is 0 Å². The fraction of sp³-hybridized carbons (Fsp3) is 0.636. The van der Waals surface area contributed by atoms with Gasteiger partial charge in [-0.2, -0.15) is 0 Å². The molecular formula is C11H19N. The summed E-state index contributed by atoms with van der Waals surface area (Å²) in [6, 6.07) is 0. The van der Waals surface area contributed by atoms with Crippen molar-refractivity contribution in [1.82, 2.24) is 0 Å². The Morgan fingerprint density at radius 3 is 2.17 bits per heavy atom. The van der Waals surface area contributed by atoms with E-state index in [9.17, 15) is 0 Å². The van der Waals surface area contributed by atoms with Gasteiger partial charge >= 0.3 is 0 Å². The molecule has 0 radical (unpaired) electrons. The first-order valence-corrected chi connectivity index (χ1v) is 4.38. The van der Waals surface area contributed by atoms with E-state index in [1.807, 2.05) is 6.92 Å². The van der Waals surface area contributed by atoms with Crippen LogP contribution in [0, 0.1) is 11.8 Å². The normalized spacial score (nSPS) is 12.2. The van der Waals surface area contributed by atoms with Gasteiger partial charge in [-0.3, -0.25) is 0 Å². The molecule has 0 aromatic rings. The lowest BCUT2D eigenvalue weighted by atomic mass is 9.88. The zero-order valence-electron chi connectivity index (χ0n) is 8.81. The summed E-state index contributed by atoms with van der Waals surface area (Å²) in [5, 5.41) is 0. The van der Waals surface area contributed by atoms with E-state index in [2.05, 4.69) is 38.2 Å². The van der Waals surface area contributed by atoms with Crippen molar-refractivity contribution in [3.63, 3.8) is 0 Å². The number of aliphatic imine (C=N–C) groups is 1. The molecule has 12 heavy (non-hydrogen) atoms. The maximum absolute atomic E-state index is 4.03. The first-order valence-electron chi connectivity index (χ1n) is 4.38. The van der Waals surface area contributed by atoms with Crippen molar-refractivity contribution < 1.29 is 0 Å². The van der Waals surface area contributed by atoms with Crippen LogP contribution < -0.4 is 0 Å². The van der Waals surface area contributed by atoms with E-state index in [1.54, 1.807) is 7.05 Å². The molecule has 0 N–H and O–H groups in total. The second-order valence-corrected chi connectivity index (χ2v) is 3.52. The van der Waals surface area contributed by atoms with Crippen LogP contribution in [-0.2, 0) is 0 Å². The van der Waals surface area contributed by atoms with Crippen LogP contribution in [0.2, 0.25) is 0 Å². The summed E-state index contributed by atoms with van der Waals surface area (Å²) in [4.78, 5) is 3.85. The molecule has 0 saturated carbocycles. The third-order valence-electron chi connectivity index (χ3n) is 2.31. The molecule has 68 valence electrons. The molecule has 0 amide bonds. The van der Waals surface area contributed by atoms with Gasteiger partial charge in [-0.05, 0) is 30.2 Å². The predicted molar refractivity (Wildman–Crippen MR) is 55.7 cm³/mol. The summed E-state index contributed by atoms with van der Waals surface area (Å²) in [5.41, 5.74) is 2.22. The minimum Gasteiger partial charge on any atom is -0.246 e. The Bertz CT molecular complexity index is 217. The Labute approximate surface area is 75.9 Å². The predicted octanol–water partition coefficient (Wildman–Crippen LogP) is 3.08. The first kappa shape index (κ1) is 11.2. The lowest BCUT2D eigenvalue weighted by molar-refractivity contribution is 0.486. The van der Waals surface area contributed by atoms with Crippen LogP contribution in [0.4, 0.5) is 0 Å². The first-order chi connectivity index (χ1) is 5.50. The van der Waals surface area contributed by atoms with Gasteiger partial charge in [-0.1, -0.05) is 27.4 Å². The highest BCUT2D eigenvalue weighted by atomic mass is 14.6. The van der Waals surface area contributed by atoms with Gasteiger partial charge < -0.3 is 0 Å². The fourth-order valence-corrected chi connectivity index (χ4v) is 0.983. The van der Waals surface area contributed by atoms with Crippen LogP contribution in [-0.4, -0.2) is 12.9 Å². The van der Waals surface area contributed by atoms with E-state index in [1.165, 1.54) is 0 Å². The molecule has 1 unspecified atom stereocenters. The Hall–Kier alpha value is -0.810. The summed E-state index contributed by atoms with van der Waals surface area (Å²) in [6.45, 7) is 12.6. The highest BCUT2D eigenvalue weighted by Gasteiger charge is 2.11. The van der Waals surface area contributed by atoms with Crippen LogP contribution in [0.1, 0.15) is 27.7 Å². The maximum atomic E-state index is 4.03. The number of allylic oxidation sites excluding steroid dienone is 2. The molecule has 1 nitrogen and oxygen atoms in total. The quantitative estimate of drug-likeness (QED) is 0.450. The maximum Gasteiger partial charge on any atom is 0.0372 e. The Balaban J connectivity index is 4.51. The summed E-state index contributed by atoms with van der Waals surface area (Å²) in [6.07, 6.45) is 0. The van der Waals surface area contributed by atoms with Crippen molar-refractivity contribution in [2.45, 2.75) is 27.7 Å². The van der Waals surface area contributed by atoms with Crippen molar-refractivity contribution in [2.75, 3.05) is 7.05 Å². The van der Waals surface area contributed by atoms with Gasteiger partial charge in [-0.15, -0.1) is 0 Å². The molecule has 0 aliphatic heterocycles. The van der Waals surface area contributed by atoms with Gasteiger partial charge in [0, 0.05) is 12.6 Å². The molecule has 0 heterocycles. The van der Waals surface area contributed by atoms with Gasteiger partial charge in [0.2, 0.25) is 0 Å². The van der Waals surface area contributed by atoms with Crippen LogP contribution in [0.25, 0.3) is 0 Å². The molecule has 0 aromatic carbocycles. The van der Waals surface area contributed by atoms with E-state index >= 15 is 0 Å². The highest BCUT2D eigenvalue weighted by Crippen LogP contribution is 2.22. The van der Waals surface area contributed by atoms with Gasteiger partial charge in [0.25, 0.3) is 0 Å².